The van der Waals surface area contributed by atoms with E-state index in [2.05, 4.69) is 4.98 Å². The zero-order chi connectivity index (χ0) is 14.5. The van der Waals surface area contributed by atoms with Crippen molar-refractivity contribution in [3.05, 3.63) is 22.7 Å². The van der Waals surface area contributed by atoms with Crippen LogP contribution in [0.25, 0.3) is 0 Å². The van der Waals surface area contributed by atoms with E-state index in [0.29, 0.717) is 0 Å². The predicted molar refractivity (Wildman–Crippen MR) is 74.2 cm³/mol. The number of thioether (sulfide) groups is 1. The molecule has 2 aliphatic rings. The zero-order valence-electron chi connectivity index (χ0n) is 11.2. The lowest BCUT2D eigenvalue weighted by Crippen LogP contribution is -2.34. The normalized spacial score (nSPS) is 35.1. The van der Waals surface area contributed by atoms with Gasteiger partial charge in [-0.3, -0.25) is 4.57 Å². The Morgan fingerprint density at radius 3 is 2.85 bits per heavy atom. The quantitative estimate of drug-likeness (QED) is 0.790. The molecule has 0 unspecified atom stereocenters. The molecule has 0 saturated carbocycles. The van der Waals surface area contributed by atoms with Crippen molar-refractivity contribution in [2.45, 2.75) is 42.5 Å². The molecule has 110 valence electrons. The van der Waals surface area contributed by atoms with E-state index in [1.54, 1.807) is 12.3 Å². The highest BCUT2D eigenvalue weighted by Crippen LogP contribution is 2.50. The van der Waals surface area contributed by atoms with Gasteiger partial charge in [0.2, 0.25) is 0 Å². The van der Waals surface area contributed by atoms with Crippen LogP contribution < -0.4 is 11.4 Å². The van der Waals surface area contributed by atoms with Gasteiger partial charge in [0, 0.05) is 6.20 Å². The van der Waals surface area contributed by atoms with Crippen LogP contribution in [0, 0.1) is 0 Å². The second-order valence-electron chi connectivity index (χ2n) is 5.35. The van der Waals surface area contributed by atoms with Gasteiger partial charge in [-0.1, -0.05) is 0 Å². The fourth-order valence-corrected chi connectivity index (χ4v) is 4.12. The lowest BCUT2D eigenvalue weighted by atomic mass is 10.1. The minimum atomic E-state index is -0.715. The van der Waals surface area contributed by atoms with E-state index in [0.717, 1.165) is 0 Å². The van der Waals surface area contributed by atoms with Crippen LogP contribution in [0.15, 0.2) is 17.1 Å². The van der Waals surface area contributed by atoms with Crippen LogP contribution in [0.4, 0.5) is 5.82 Å². The molecule has 0 amide bonds. The molecule has 8 heteroatoms. The maximum absolute atomic E-state index is 12.0. The molecule has 0 aliphatic carbocycles. The van der Waals surface area contributed by atoms with E-state index in [4.69, 9.17) is 15.2 Å². The first-order chi connectivity index (χ1) is 9.41. The van der Waals surface area contributed by atoms with E-state index < -0.39 is 11.5 Å². The SMILES string of the molecule is CC1(C)O[C@@H]2[C@H](O1)[C@@H](CO)S[C@H]2n1ccc(N)nc1=O. The largest absolute Gasteiger partial charge is 0.395 e. The highest BCUT2D eigenvalue weighted by Gasteiger charge is 2.55. The molecule has 1 aromatic heterocycles. The molecule has 4 atom stereocenters. The number of rotatable bonds is 2. The minimum absolute atomic E-state index is 0.0288. The fraction of sp³-hybridized carbons (Fsp3) is 0.667. The molecule has 0 radical (unpaired) electrons. The topological polar surface area (TPSA) is 99.6 Å². The summed E-state index contributed by atoms with van der Waals surface area (Å²) in [6.07, 6.45) is 1.07. The number of hydrogen-bond donors (Lipinski definition) is 2. The van der Waals surface area contributed by atoms with Crippen LogP contribution in [-0.2, 0) is 9.47 Å². The summed E-state index contributed by atoms with van der Waals surface area (Å²) in [6, 6.07) is 1.57. The molecule has 2 fully saturated rings. The molecule has 20 heavy (non-hydrogen) atoms. The van der Waals surface area contributed by atoms with Gasteiger partial charge in [0.25, 0.3) is 0 Å². The van der Waals surface area contributed by atoms with E-state index in [1.807, 2.05) is 13.8 Å². The molecular weight excluding hydrogens is 282 g/mol. The van der Waals surface area contributed by atoms with Gasteiger partial charge in [0.1, 0.15) is 23.4 Å². The highest BCUT2D eigenvalue weighted by atomic mass is 32.2. The molecule has 3 heterocycles. The molecule has 3 rings (SSSR count). The predicted octanol–water partition coefficient (Wildman–Crippen LogP) is -0.0481. The van der Waals surface area contributed by atoms with Crippen molar-refractivity contribution in [2.24, 2.45) is 0 Å². The number of aromatic nitrogens is 2. The number of aliphatic hydroxyl groups excluding tert-OH is 1. The third-order valence-electron chi connectivity index (χ3n) is 3.43. The third kappa shape index (κ3) is 2.22. The first-order valence-corrected chi connectivity index (χ1v) is 7.32. The van der Waals surface area contributed by atoms with E-state index >= 15 is 0 Å². The Bertz CT molecular complexity index is 576. The number of ether oxygens (including phenoxy) is 2. The Hall–Kier alpha value is -1.09. The first-order valence-electron chi connectivity index (χ1n) is 6.38. The molecule has 2 saturated heterocycles. The van der Waals surface area contributed by atoms with Crippen molar-refractivity contribution in [3.63, 3.8) is 0 Å². The van der Waals surface area contributed by atoms with Gasteiger partial charge in [-0.2, -0.15) is 4.98 Å². The van der Waals surface area contributed by atoms with Gasteiger partial charge in [-0.25, -0.2) is 4.79 Å². The van der Waals surface area contributed by atoms with Gasteiger partial charge in [0.05, 0.1) is 11.9 Å². The van der Waals surface area contributed by atoms with Crippen LogP contribution in [0.5, 0.6) is 0 Å². The number of aliphatic hydroxyl groups is 1. The molecule has 0 aromatic carbocycles. The van der Waals surface area contributed by atoms with Gasteiger partial charge in [0.15, 0.2) is 5.79 Å². The maximum atomic E-state index is 12.0. The summed E-state index contributed by atoms with van der Waals surface area (Å²) in [6.45, 7) is 3.62. The summed E-state index contributed by atoms with van der Waals surface area (Å²) in [4.78, 5) is 15.7. The summed E-state index contributed by atoms with van der Waals surface area (Å²) in [7, 11) is 0. The summed E-state index contributed by atoms with van der Waals surface area (Å²) >= 11 is 1.46. The fourth-order valence-electron chi connectivity index (χ4n) is 2.65. The Balaban J connectivity index is 1.96. The van der Waals surface area contributed by atoms with Crippen molar-refractivity contribution >= 4 is 17.6 Å². The molecule has 1 aromatic rings. The number of hydrogen-bond acceptors (Lipinski definition) is 7. The standard InChI is InChI=1S/C12H17N3O4S/c1-12(2)18-8-6(5-16)20-10(9(8)19-12)15-4-3-7(13)14-11(15)17/h3-4,6,8-10,16H,5H2,1-2H3,(H2,13,14,17)/t6-,8-,9-,10-/m1/s1. The van der Waals surface area contributed by atoms with Gasteiger partial charge >= 0.3 is 5.69 Å². The molecule has 0 bridgehead atoms. The average Bonchev–Trinajstić information content (AvgIpc) is 2.83. The maximum Gasteiger partial charge on any atom is 0.350 e. The molecule has 3 N–H and O–H groups in total. The zero-order valence-corrected chi connectivity index (χ0v) is 12.0. The molecule has 2 aliphatic heterocycles. The lowest BCUT2D eigenvalue weighted by molar-refractivity contribution is -0.149. The smallest absolute Gasteiger partial charge is 0.350 e. The van der Waals surface area contributed by atoms with Crippen molar-refractivity contribution in [1.82, 2.24) is 9.55 Å². The number of nitrogens with zero attached hydrogens (tertiary/aromatic N) is 2. The molecule has 7 nitrogen and oxygen atoms in total. The van der Waals surface area contributed by atoms with Crippen molar-refractivity contribution in [2.75, 3.05) is 12.3 Å². The van der Waals surface area contributed by atoms with Crippen LogP contribution in [0.3, 0.4) is 0 Å². The van der Waals surface area contributed by atoms with E-state index in [9.17, 15) is 9.90 Å². The second kappa shape index (κ2) is 4.73. The second-order valence-corrected chi connectivity index (χ2v) is 6.72. The highest BCUT2D eigenvalue weighted by molar-refractivity contribution is 8.00. The summed E-state index contributed by atoms with van der Waals surface area (Å²) in [5.74, 6) is -0.527. The lowest BCUT2D eigenvalue weighted by Gasteiger charge is -2.23. The molecule has 0 spiro atoms. The monoisotopic (exact) mass is 299 g/mol. The van der Waals surface area contributed by atoms with Crippen LogP contribution in [0.1, 0.15) is 19.2 Å². The Morgan fingerprint density at radius 2 is 2.20 bits per heavy atom. The molecular formula is C12H17N3O4S. The third-order valence-corrected chi connectivity index (χ3v) is 4.97. The number of nitrogen functional groups attached to an aromatic ring is 1. The van der Waals surface area contributed by atoms with E-state index in [-0.39, 0.29) is 35.3 Å². The van der Waals surface area contributed by atoms with Crippen LogP contribution in [-0.4, -0.2) is 44.5 Å². The van der Waals surface area contributed by atoms with Crippen molar-refractivity contribution in [1.29, 1.82) is 0 Å². The summed E-state index contributed by atoms with van der Waals surface area (Å²) in [5.41, 5.74) is 5.08. The summed E-state index contributed by atoms with van der Waals surface area (Å²) < 4.78 is 13.2. The number of nitrogens with two attached hydrogens (primary N) is 1. The number of anilines is 1. The Morgan fingerprint density at radius 1 is 1.50 bits per heavy atom. The Labute approximate surface area is 120 Å². The minimum Gasteiger partial charge on any atom is -0.395 e. The van der Waals surface area contributed by atoms with Crippen molar-refractivity contribution in [3.8, 4) is 0 Å². The van der Waals surface area contributed by atoms with Crippen LogP contribution in [0.2, 0.25) is 0 Å². The summed E-state index contributed by atoms with van der Waals surface area (Å²) in [5, 5.41) is 9.08. The van der Waals surface area contributed by atoms with E-state index in [1.165, 1.54) is 16.3 Å². The van der Waals surface area contributed by atoms with Gasteiger partial charge in [-0.15, -0.1) is 11.8 Å². The Kier molecular flexibility index (Phi) is 3.28. The van der Waals surface area contributed by atoms with Crippen LogP contribution >= 0.6 is 11.8 Å². The van der Waals surface area contributed by atoms with Crippen molar-refractivity contribution < 1.29 is 14.6 Å². The van der Waals surface area contributed by atoms with Gasteiger partial charge < -0.3 is 20.3 Å². The number of fused-ring (bicyclic) bond motifs is 1. The van der Waals surface area contributed by atoms with Gasteiger partial charge in [-0.05, 0) is 19.9 Å². The average molecular weight is 299 g/mol. The first kappa shape index (κ1) is 13.9.